The summed E-state index contributed by atoms with van der Waals surface area (Å²) >= 11 is 0. The number of rotatable bonds is 3. The lowest BCUT2D eigenvalue weighted by molar-refractivity contribution is -0.150. The summed E-state index contributed by atoms with van der Waals surface area (Å²) in [4.78, 5) is 14.1. The molecule has 2 atom stereocenters. The zero-order valence-corrected chi connectivity index (χ0v) is 11.2. The number of hydrogen-bond donors (Lipinski definition) is 1. The highest BCUT2D eigenvalue weighted by Crippen LogP contribution is 2.43. The van der Waals surface area contributed by atoms with Crippen molar-refractivity contribution >= 4 is 5.97 Å². The fourth-order valence-corrected chi connectivity index (χ4v) is 2.99. The summed E-state index contributed by atoms with van der Waals surface area (Å²) in [5.41, 5.74) is 0.0315. The summed E-state index contributed by atoms with van der Waals surface area (Å²) in [5, 5.41) is 4.19. The van der Waals surface area contributed by atoms with Gasteiger partial charge in [-0.1, -0.05) is 13.8 Å². The van der Waals surface area contributed by atoms with Crippen LogP contribution in [-0.2, 0) is 4.79 Å². The number of carbonyl (C=O) groups is 1. The van der Waals surface area contributed by atoms with E-state index in [0.29, 0.717) is 0 Å². The molecule has 0 aromatic rings. The second kappa shape index (κ2) is 4.36. The fraction of sp³-hybridized carbons (Fsp3) is 0.923. The van der Waals surface area contributed by atoms with Crippen molar-refractivity contribution in [1.82, 2.24) is 4.90 Å². The van der Waals surface area contributed by atoms with E-state index in [4.69, 9.17) is 10.3 Å². The van der Waals surface area contributed by atoms with E-state index in [9.17, 15) is 4.79 Å². The number of likely N-dealkylation sites (tertiary alicyclic amines) is 1. The van der Waals surface area contributed by atoms with E-state index in [2.05, 4.69) is 44.8 Å². The molecule has 1 aliphatic rings. The molecule has 3 nitrogen and oxygen atoms in total. The molecule has 16 heavy (non-hydrogen) atoms. The van der Waals surface area contributed by atoms with E-state index in [1.165, 1.54) is 0 Å². The van der Waals surface area contributed by atoms with Crippen molar-refractivity contribution in [2.75, 3.05) is 7.05 Å². The first kappa shape index (κ1) is 8.51. The normalized spacial score (nSPS) is 43.1. The monoisotopic (exact) mass is 247 g/mol. The first-order chi connectivity index (χ1) is 10.8. The molecule has 2 unspecified atom stereocenters. The Morgan fingerprint density at radius 1 is 1.50 bits per heavy atom. The van der Waals surface area contributed by atoms with Crippen molar-refractivity contribution < 1.29 is 18.8 Å². The molecule has 1 heterocycles. The average Bonchev–Trinajstić information content (AvgIpc) is 2.63. The van der Waals surface area contributed by atoms with E-state index in [-0.39, 0.29) is 23.0 Å². The van der Waals surface area contributed by atoms with Gasteiger partial charge in [0.25, 0.3) is 1.43 Å². The minimum atomic E-state index is -0.377. The Balaban J connectivity index is -0.000000595. The molecular weight excluding hydrogens is 202 g/mol. The van der Waals surface area contributed by atoms with Crippen molar-refractivity contribution in [2.45, 2.75) is 64.5 Å². The predicted octanol–water partition coefficient (Wildman–Crippen LogP) is 3.49. The second-order valence-corrected chi connectivity index (χ2v) is 5.68. The maximum Gasteiger partial charge on any atom is 0.306 e. The lowest BCUT2D eigenvalue weighted by Gasteiger charge is -2.55. The Morgan fingerprint density at radius 2 is 1.94 bits per heavy atom. The topological polar surface area (TPSA) is 40.5 Å². The van der Waals surface area contributed by atoms with Gasteiger partial charge < -0.3 is 5.11 Å². The molecule has 1 aliphatic heterocycles. The van der Waals surface area contributed by atoms with Gasteiger partial charge in [-0.25, -0.2) is 0 Å². The molecule has 100 valence electrons. The number of piperidine rings is 1. The Kier molecular flexibility index (Phi) is 2.32. The Bertz CT molecular complexity index is 292. The van der Waals surface area contributed by atoms with Crippen LogP contribution in [0.4, 0.5) is 0 Å². The zero-order chi connectivity index (χ0) is 19.3. The molecule has 1 N–H and O–H groups in total. The van der Waals surface area contributed by atoms with Crippen molar-refractivity contribution in [2.24, 2.45) is 5.92 Å². The van der Waals surface area contributed by atoms with Gasteiger partial charge in [0.05, 0.1) is 5.92 Å². The van der Waals surface area contributed by atoms with Crippen LogP contribution in [-0.4, -0.2) is 34.1 Å². The van der Waals surface area contributed by atoms with Crippen LogP contribution in [0.3, 0.4) is 0 Å². The fourth-order valence-electron chi connectivity index (χ4n) is 2.99. The Hall–Kier alpha value is -0.570. The predicted molar refractivity (Wildman–Crippen MR) is 71.9 cm³/mol. The van der Waals surface area contributed by atoms with E-state index >= 15 is 0 Å². The van der Waals surface area contributed by atoms with Gasteiger partial charge in [-0.05, 0) is 46.6 Å². The molecule has 1 fully saturated rings. The third-order valence-corrected chi connectivity index (χ3v) is 4.85. The molecule has 0 aromatic carbocycles. The first-order valence-electron chi connectivity index (χ1n) is 9.64. The Morgan fingerprint density at radius 3 is 2.25 bits per heavy atom. The van der Waals surface area contributed by atoms with E-state index in [0.717, 1.165) is 25.7 Å². The van der Waals surface area contributed by atoms with Gasteiger partial charge in [0.15, 0.2) is 0 Å². The molecular formula is C13H31NO2. The summed E-state index contributed by atoms with van der Waals surface area (Å²) in [6.45, 7) is 8.70. The van der Waals surface area contributed by atoms with Crippen molar-refractivity contribution in [1.29, 1.82) is 1.43 Å². The Labute approximate surface area is 110 Å². The van der Waals surface area contributed by atoms with Gasteiger partial charge in [0.2, 0.25) is 0 Å². The SMILES string of the molecule is [3H]OC(=O)C1CC(C)(CC)N(C)C(C)(CC)C1.[3H][3H].[3H][3H].[3H][3H]. The van der Waals surface area contributed by atoms with Crippen LogP contribution in [0.25, 0.3) is 1.43 Å². The average molecular weight is 247 g/mol. The third kappa shape index (κ3) is 2.10. The summed E-state index contributed by atoms with van der Waals surface area (Å²) in [7, 11) is 2.15. The van der Waals surface area contributed by atoms with Crippen molar-refractivity contribution in [3.63, 3.8) is 0 Å². The number of nitrogens with zero attached hydrogens (tertiary/aromatic N) is 1. The van der Waals surface area contributed by atoms with Crippen LogP contribution in [0, 0.1) is 5.92 Å². The number of carboxylic acids is 1. The quantitative estimate of drug-likeness (QED) is 0.830. The summed E-state index contributed by atoms with van der Waals surface area (Å²) in [6, 6.07) is 0. The standard InChI is InChI=1S/C13H25NO2.3H2/c1-6-12(3)8-10(11(15)16)9-13(4,7-2)14(12)5;;;/h10H,6-9H2,1-5H3,(H,15,16);3*1H/i;3*1+2T/hT. The molecule has 0 spiro atoms. The smallest absolute Gasteiger partial charge is 0.306 e. The van der Waals surface area contributed by atoms with Gasteiger partial charge in [0, 0.05) is 20.0 Å². The molecule has 0 aliphatic carbocycles. The molecule has 0 aromatic heterocycles. The van der Waals surface area contributed by atoms with Crippen LogP contribution in [0.15, 0.2) is 0 Å². The third-order valence-electron chi connectivity index (χ3n) is 4.85. The summed E-state index contributed by atoms with van der Waals surface area (Å²) in [5.74, 6) is -0.518. The van der Waals surface area contributed by atoms with Gasteiger partial charge in [-0.2, -0.15) is 0 Å². The van der Waals surface area contributed by atoms with Gasteiger partial charge in [-0.3, -0.25) is 9.69 Å². The molecule has 3 heteroatoms. The van der Waals surface area contributed by atoms with Crippen molar-refractivity contribution in [3.8, 4) is 0 Å². The summed E-state index contributed by atoms with van der Waals surface area (Å²) < 4.78 is 36.8. The minimum Gasteiger partial charge on any atom is -0.481 e. The van der Waals surface area contributed by atoms with Gasteiger partial charge in [-0.15, -0.1) is 0 Å². The molecule has 1 saturated heterocycles. The number of aliphatic carboxylic acids is 1. The van der Waals surface area contributed by atoms with E-state index < -0.39 is 0 Å². The van der Waals surface area contributed by atoms with Crippen LogP contribution >= 0.6 is 0 Å². The molecule has 0 amide bonds. The lowest BCUT2D eigenvalue weighted by atomic mass is 9.70. The van der Waals surface area contributed by atoms with Gasteiger partial charge >= 0.3 is 5.97 Å². The van der Waals surface area contributed by atoms with Crippen molar-refractivity contribution in [3.05, 3.63) is 0 Å². The van der Waals surface area contributed by atoms with Crippen LogP contribution < -0.4 is 0 Å². The number of carboxylic acid groups (broad SMARTS) is 1. The molecule has 0 radical (unpaired) electrons. The molecule has 1 rings (SSSR count). The van der Waals surface area contributed by atoms with E-state index in [1.807, 2.05) is 0 Å². The summed E-state index contributed by atoms with van der Waals surface area (Å²) in [6.07, 6.45) is 3.57. The number of hydrogen-bond acceptors (Lipinski definition) is 3. The lowest BCUT2D eigenvalue weighted by Crippen LogP contribution is -2.61. The highest BCUT2D eigenvalue weighted by Gasteiger charge is 2.48. The highest BCUT2D eigenvalue weighted by atomic mass is 16.4. The second-order valence-electron chi connectivity index (χ2n) is 5.68. The van der Waals surface area contributed by atoms with Crippen LogP contribution in [0.1, 0.15) is 62.3 Å². The largest absolute Gasteiger partial charge is 0.481 e. The first-order valence-corrected chi connectivity index (χ1v) is 6.24. The molecule has 0 bridgehead atoms. The zero-order valence-electron chi connectivity index (χ0n) is 18.2. The van der Waals surface area contributed by atoms with E-state index in [1.54, 1.807) is 0 Å². The highest BCUT2D eigenvalue weighted by molar-refractivity contribution is 5.70. The maximum absolute atomic E-state index is 11.7. The van der Waals surface area contributed by atoms with Crippen LogP contribution in [0.5, 0.6) is 0 Å². The van der Waals surface area contributed by atoms with Crippen LogP contribution in [0.2, 0.25) is 0 Å². The van der Waals surface area contributed by atoms with Gasteiger partial charge in [0.1, 0.15) is 0 Å². The maximum atomic E-state index is 11.7. The molecule has 0 saturated carbocycles. The minimum absolute atomic E-state index is 0.0157.